The van der Waals surface area contributed by atoms with Crippen molar-refractivity contribution in [1.29, 1.82) is 0 Å². The number of nitrogens with zero attached hydrogens (tertiary/aromatic N) is 6. The summed E-state index contributed by atoms with van der Waals surface area (Å²) in [5.41, 5.74) is 3.48. The van der Waals surface area contributed by atoms with Crippen molar-refractivity contribution < 1.29 is 28.5 Å². The smallest absolute Gasteiger partial charge is 0.419 e. The maximum atomic E-state index is 13.5. The molecule has 2 unspecified atom stereocenters. The topological polar surface area (TPSA) is 113 Å². The second-order valence-electron chi connectivity index (χ2n) is 13.9. The molecule has 0 bridgehead atoms. The third-order valence-electron chi connectivity index (χ3n) is 9.34. The molecule has 0 aliphatic heterocycles. The highest BCUT2D eigenvalue weighted by atomic mass is 35.5. The number of esters is 2. The van der Waals surface area contributed by atoms with Gasteiger partial charge >= 0.3 is 11.9 Å². The summed E-state index contributed by atoms with van der Waals surface area (Å²) >= 11 is 24.5. The van der Waals surface area contributed by atoms with Crippen molar-refractivity contribution in [2.75, 3.05) is 27.3 Å². The van der Waals surface area contributed by atoms with Crippen LogP contribution in [0.4, 0.5) is 0 Å². The largest absolute Gasteiger partial charge is 0.477 e. The number of benzene rings is 4. The van der Waals surface area contributed by atoms with Crippen LogP contribution in [0, 0.1) is 0 Å². The lowest BCUT2D eigenvalue weighted by atomic mass is 10.2. The van der Waals surface area contributed by atoms with Crippen LogP contribution in [-0.4, -0.2) is 81.1 Å². The minimum atomic E-state index is -1.09. The standard InChI is InChI=1S/C44H44Cl4N6O6/c1-51(29-31-11-5-3-6-12-31)41(15-9-25-57-39-21-23-53(49-39)33-17-19-35(45)37(47)27-33)59-43(55)44(56)60-42(52(2)30-32-13-7-4-8-14-32)16-10-26-58-40-22-24-54(50-40)34-18-20-36(46)38(48)28-34/h3-8,11-14,17-24,27-28,41-42H,9-10,15-16,25-26,29-30H2,1-2H3. The monoisotopic (exact) mass is 892 g/mol. The first kappa shape index (κ1) is 44.5. The molecule has 0 amide bonds. The van der Waals surface area contributed by atoms with Crippen LogP contribution >= 0.6 is 46.4 Å². The van der Waals surface area contributed by atoms with E-state index in [9.17, 15) is 9.59 Å². The molecule has 0 N–H and O–H groups in total. The van der Waals surface area contributed by atoms with Gasteiger partial charge in [-0.15, -0.1) is 10.2 Å². The van der Waals surface area contributed by atoms with E-state index >= 15 is 0 Å². The molecule has 0 saturated heterocycles. The fourth-order valence-electron chi connectivity index (χ4n) is 6.21. The Morgan fingerprint density at radius 3 is 1.35 bits per heavy atom. The number of aromatic nitrogens is 4. The molecular formula is C44H44Cl4N6O6. The number of hydrogen-bond acceptors (Lipinski definition) is 10. The molecule has 0 saturated carbocycles. The van der Waals surface area contributed by atoms with Gasteiger partial charge in [0.25, 0.3) is 0 Å². The predicted octanol–water partition coefficient (Wildman–Crippen LogP) is 9.69. The van der Waals surface area contributed by atoms with Crippen molar-refractivity contribution in [3.63, 3.8) is 0 Å². The first-order valence-electron chi connectivity index (χ1n) is 19.2. The SMILES string of the molecule is CN(Cc1ccccc1)C(CCCOc1ccn(-c2ccc(Cl)c(Cl)c2)n1)OC(=O)C(=O)OC(CCCOc1ccn(-c2ccc(Cl)c(Cl)c2)n1)N(C)Cc1ccccc1. The molecule has 6 rings (SSSR count). The average molecular weight is 895 g/mol. The van der Waals surface area contributed by atoms with Crippen molar-refractivity contribution in [1.82, 2.24) is 29.4 Å². The fourth-order valence-corrected chi connectivity index (χ4v) is 6.79. The van der Waals surface area contributed by atoms with E-state index in [0.29, 0.717) is 70.6 Å². The highest BCUT2D eigenvalue weighted by molar-refractivity contribution is 6.42. The Morgan fingerprint density at radius 2 is 0.967 bits per heavy atom. The Bertz CT molecular complexity index is 2150. The van der Waals surface area contributed by atoms with E-state index in [2.05, 4.69) is 10.2 Å². The lowest BCUT2D eigenvalue weighted by Crippen LogP contribution is -2.41. The lowest BCUT2D eigenvalue weighted by Gasteiger charge is -2.29. The predicted molar refractivity (Wildman–Crippen MR) is 232 cm³/mol. The summed E-state index contributed by atoms with van der Waals surface area (Å²) in [4.78, 5) is 30.7. The average Bonchev–Trinajstić information content (AvgIpc) is 3.93. The molecule has 6 aromatic rings. The zero-order chi connectivity index (χ0) is 42.4. The number of rotatable bonds is 20. The summed E-state index contributed by atoms with van der Waals surface area (Å²) in [5, 5.41) is 10.7. The molecule has 0 aliphatic carbocycles. The van der Waals surface area contributed by atoms with Crippen molar-refractivity contribution >= 4 is 58.3 Å². The molecule has 2 heterocycles. The molecule has 314 valence electrons. The van der Waals surface area contributed by atoms with Gasteiger partial charge in [0.15, 0.2) is 12.5 Å². The van der Waals surface area contributed by atoms with E-state index in [-0.39, 0.29) is 13.2 Å². The summed E-state index contributed by atoms with van der Waals surface area (Å²) in [6.07, 6.45) is 3.69. The summed E-state index contributed by atoms with van der Waals surface area (Å²) < 4.78 is 26.8. The number of halogens is 4. The van der Waals surface area contributed by atoms with Gasteiger partial charge in [-0.1, -0.05) is 107 Å². The van der Waals surface area contributed by atoms with E-state index in [1.807, 2.05) is 84.6 Å². The number of carbonyl (C=O) groups is 2. The molecule has 0 fully saturated rings. The molecule has 16 heteroatoms. The van der Waals surface area contributed by atoms with E-state index in [1.54, 1.807) is 70.3 Å². The molecular weight excluding hydrogens is 850 g/mol. The highest BCUT2D eigenvalue weighted by Crippen LogP contribution is 2.26. The third-order valence-corrected chi connectivity index (χ3v) is 10.8. The van der Waals surface area contributed by atoms with Crippen LogP contribution in [-0.2, 0) is 32.2 Å². The number of hydrogen-bond donors (Lipinski definition) is 0. The maximum Gasteiger partial charge on any atom is 0.419 e. The normalized spacial score (nSPS) is 12.3. The first-order chi connectivity index (χ1) is 29.0. The zero-order valence-corrected chi connectivity index (χ0v) is 36.0. The molecule has 0 radical (unpaired) electrons. The molecule has 12 nitrogen and oxygen atoms in total. The summed E-state index contributed by atoms with van der Waals surface area (Å²) in [6.45, 7) is 1.49. The Labute approximate surface area is 369 Å². The summed E-state index contributed by atoms with van der Waals surface area (Å²) in [7, 11) is 3.67. The van der Waals surface area contributed by atoms with Crippen LogP contribution in [0.5, 0.6) is 11.8 Å². The quantitative estimate of drug-likeness (QED) is 0.0318. The van der Waals surface area contributed by atoms with Gasteiger partial charge in [-0.2, -0.15) is 0 Å². The molecule has 2 atom stereocenters. The van der Waals surface area contributed by atoms with Crippen LogP contribution < -0.4 is 9.47 Å². The van der Waals surface area contributed by atoms with Crippen molar-refractivity contribution in [3.8, 4) is 23.1 Å². The minimum Gasteiger partial charge on any atom is -0.477 e. The van der Waals surface area contributed by atoms with Crippen molar-refractivity contribution in [2.24, 2.45) is 0 Å². The van der Waals surface area contributed by atoms with E-state index in [0.717, 1.165) is 22.5 Å². The Hall–Kier alpha value is -5.08. The van der Waals surface area contributed by atoms with Crippen LogP contribution in [0.15, 0.2) is 122 Å². The molecule has 60 heavy (non-hydrogen) atoms. The van der Waals surface area contributed by atoms with E-state index in [1.165, 1.54) is 0 Å². The molecule has 0 aliphatic rings. The summed E-state index contributed by atoms with van der Waals surface area (Å²) in [5.74, 6) is -1.37. The first-order valence-corrected chi connectivity index (χ1v) is 20.7. The number of ether oxygens (including phenoxy) is 4. The van der Waals surface area contributed by atoms with Gasteiger partial charge in [0.1, 0.15) is 0 Å². The van der Waals surface area contributed by atoms with Crippen molar-refractivity contribution in [3.05, 3.63) is 153 Å². The van der Waals surface area contributed by atoms with Gasteiger partial charge in [0.05, 0.1) is 44.7 Å². The van der Waals surface area contributed by atoms with Crippen LogP contribution in [0.1, 0.15) is 36.8 Å². The van der Waals surface area contributed by atoms with Gasteiger partial charge in [-0.3, -0.25) is 9.80 Å². The van der Waals surface area contributed by atoms with E-state index in [4.69, 9.17) is 65.4 Å². The van der Waals surface area contributed by atoms with Crippen LogP contribution in [0.25, 0.3) is 11.4 Å². The Kier molecular flexibility index (Phi) is 16.3. The second-order valence-corrected chi connectivity index (χ2v) is 15.5. The molecule has 4 aromatic carbocycles. The number of carbonyl (C=O) groups excluding carboxylic acids is 2. The zero-order valence-electron chi connectivity index (χ0n) is 33.0. The second kappa shape index (κ2) is 22.0. The van der Waals surface area contributed by atoms with Gasteiger partial charge < -0.3 is 18.9 Å². The van der Waals surface area contributed by atoms with Crippen LogP contribution in [0.3, 0.4) is 0 Å². The maximum absolute atomic E-state index is 13.5. The Morgan fingerprint density at radius 1 is 0.567 bits per heavy atom. The van der Waals surface area contributed by atoms with E-state index < -0.39 is 24.4 Å². The Balaban J connectivity index is 1.06. The van der Waals surface area contributed by atoms with Gasteiger partial charge in [-0.25, -0.2) is 19.0 Å². The van der Waals surface area contributed by atoms with Crippen LogP contribution in [0.2, 0.25) is 20.1 Å². The van der Waals surface area contributed by atoms with Gasteiger partial charge in [0, 0.05) is 50.5 Å². The third kappa shape index (κ3) is 13.0. The van der Waals surface area contributed by atoms with Crippen molar-refractivity contribution in [2.45, 2.75) is 51.2 Å². The fraction of sp³-hybridized carbons (Fsp3) is 0.273. The minimum absolute atomic E-state index is 0.278. The van der Waals surface area contributed by atoms with Gasteiger partial charge in [0.2, 0.25) is 11.8 Å². The lowest BCUT2D eigenvalue weighted by molar-refractivity contribution is -0.185. The molecule has 2 aromatic heterocycles. The molecule has 0 spiro atoms. The highest BCUT2D eigenvalue weighted by Gasteiger charge is 2.29. The summed E-state index contributed by atoms with van der Waals surface area (Å²) in [6, 6.07) is 33.4. The van der Waals surface area contributed by atoms with Gasteiger partial charge in [-0.05, 0) is 74.5 Å².